The average molecular weight is 417 g/mol. The van der Waals surface area contributed by atoms with Crippen molar-refractivity contribution in [1.29, 1.82) is 0 Å². The first-order chi connectivity index (χ1) is 15.0. The predicted molar refractivity (Wildman–Crippen MR) is 117 cm³/mol. The van der Waals surface area contributed by atoms with Gasteiger partial charge in [-0.25, -0.2) is 0 Å². The SMILES string of the molecule is COc1ccc(-c2noc(CN(C)C(=O)[C@@H](C)Oc3ccc4ccccc4c3)n2)cc1. The maximum Gasteiger partial charge on any atom is 0.263 e. The molecule has 158 valence electrons. The number of benzene rings is 3. The molecule has 0 saturated carbocycles. The zero-order chi connectivity index (χ0) is 21.8. The summed E-state index contributed by atoms with van der Waals surface area (Å²) in [5.74, 6) is 2.02. The molecule has 0 unspecified atom stereocenters. The van der Waals surface area contributed by atoms with Gasteiger partial charge in [-0.15, -0.1) is 0 Å². The molecule has 7 nitrogen and oxygen atoms in total. The van der Waals surface area contributed by atoms with Crippen molar-refractivity contribution >= 4 is 16.7 Å². The zero-order valence-corrected chi connectivity index (χ0v) is 17.6. The Balaban J connectivity index is 1.38. The number of ether oxygens (including phenoxy) is 2. The second-order valence-corrected chi connectivity index (χ2v) is 7.20. The highest BCUT2D eigenvalue weighted by Gasteiger charge is 2.21. The van der Waals surface area contributed by atoms with Gasteiger partial charge < -0.3 is 18.9 Å². The van der Waals surface area contributed by atoms with Crippen molar-refractivity contribution < 1.29 is 18.8 Å². The summed E-state index contributed by atoms with van der Waals surface area (Å²) in [4.78, 5) is 18.7. The zero-order valence-electron chi connectivity index (χ0n) is 17.6. The third-order valence-corrected chi connectivity index (χ3v) is 4.95. The maximum absolute atomic E-state index is 12.8. The van der Waals surface area contributed by atoms with Crippen LogP contribution in [0.1, 0.15) is 12.8 Å². The van der Waals surface area contributed by atoms with Crippen LogP contribution in [0.3, 0.4) is 0 Å². The molecule has 3 aromatic carbocycles. The molecule has 1 amide bonds. The van der Waals surface area contributed by atoms with Crippen LogP contribution >= 0.6 is 0 Å². The van der Waals surface area contributed by atoms with Crippen LogP contribution in [0.5, 0.6) is 11.5 Å². The smallest absolute Gasteiger partial charge is 0.263 e. The summed E-state index contributed by atoms with van der Waals surface area (Å²) in [6.45, 7) is 1.91. The van der Waals surface area contributed by atoms with Crippen molar-refractivity contribution in [3.63, 3.8) is 0 Å². The number of aromatic nitrogens is 2. The number of carbonyl (C=O) groups is 1. The number of hydrogen-bond donors (Lipinski definition) is 0. The predicted octanol–water partition coefficient (Wildman–Crippen LogP) is 4.32. The highest BCUT2D eigenvalue weighted by molar-refractivity contribution is 5.84. The van der Waals surface area contributed by atoms with E-state index in [4.69, 9.17) is 14.0 Å². The minimum atomic E-state index is -0.657. The molecule has 1 aromatic heterocycles. The van der Waals surface area contributed by atoms with Crippen molar-refractivity contribution in [1.82, 2.24) is 15.0 Å². The van der Waals surface area contributed by atoms with E-state index in [0.29, 0.717) is 17.5 Å². The summed E-state index contributed by atoms with van der Waals surface area (Å²) in [5, 5.41) is 6.18. The van der Waals surface area contributed by atoms with Crippen LogP contribution in [0.15, 0.2) is 71.3 Å². The van der Waals surface area contributed by atoms with E-state index in [1.54, 1.807) is 21.1 Å². The van der Waals surface area contributed by atoms with Crippen LogP contribution < -0.4 is 9.47 Å². The molecule has 0 spiro atoms. The molecule has 0 aliphatic heterocycles. The van der Waals surface area contributed by atoms with Crippen LogP contribution in [0, 0.1) is 0 Å². The molecule has 4 rings (SSSR count). The van der Waals surface area contributed by atoms with E-state index in [0.717, 1.165) is 22.1 Å². The molecule has 0 aliphatic carbocycles. The Morgan fingerprint density at radius 1 is 1.03 bits per heavy atom. The molecule has 0 N–H and O–H groups in total. The standard InChI is InChI=1S/C24H23N3O4/c1-16(30-21-13-8-17-6-4-5-7-19(17)14-21)24(28)27(2)15-22-25-23(26-31-22)18-9-11-20(29-3)12-10-18/h4-14,16H,15H2,1-3H3/t16-/m1/s1. The van der Waals surface area contributed by atoms with E-state index in [2.05, 4.69) is 10.1 Å². The fraction of sp³-hybridized carbons (Fsp3) is 0.208. The Labute approximate surface area is 180 Å². The first-order valence-corrected chi connectivity index (χ1v) is 9.91. The topological polar surface area (TPSA) is 77.7 Å². The average Bonchev–Trinajstić information content (AvgIpc) is 3.26. The van der Waals surface area contributed by atoms with Gasteiger partial charge in [0, 0.05) is 12.6 Å². The molecule has 0 radical (unpaired) electrons. The second-order valence-electron chi connectivity index (χ2n) is 7.20. The molecule has 1 atom stereocenters. The lowest BCUT2D eigenvalue weighted by molar-refractivity contribution is -0.137. The summed E-state index contributed by atoms with van der Waals surface area (Å²) < 4.78 is 16.3. The van der Waals surface area contributed by atoms with E-state index in [-0.39, 0.29) is 12.5 Å². The molecule has 0 bridgehead atoms. The van der Waals surface area contributed by atoms with E-state index >= 15 is 0 Å². The number of fused-ring (bicyclic) bond motifs is 1. The summed E-state index contributed by atoms with van der Waals surface area (Å²) in [6.07, 6.45) is -0.657. The Kier molecular flexibility index (Phi) is 5.84. The lowest BCUT2D eigenvalue weighted by Crippen LogP contribution is -2.37. The third kappa shape index (κ3) is 4.66. The van der Waals surface area contributed by atoms with Crippen LogP contribution in [0.25, 0.3) is 22.2 Å². The van der Waals surface area contributed by atoms with Gasteiger partial charge in [-0.1, -0.05) is 35.5 Å². The van der Waals surface area contributed by atoms with Gasteiger partial charge >= 0.3 is 0 Å². The molecule has 0 saturated heterocycles. The molecular formula is C24H23N3O4. The van der Waals surface area contributed by atoms with E-state index in [1.807, 2.05) is 66.7 Å². The fourth-order valence-electron chi connectivity index (χ4n) is 3.26. The number of carbonyl (C=O) groups excluding carboxylic acids is 1. The first-order valence-electron chi connectivity index (χ1n) is 9.91. The molecule has 0 fully saturated rings. The quantitative estimate of drug-likeness (QED) is 0.446. The van der Waals surface area contributed by atoms with E-state index in [9.17, 15) is 4.79 Å². The lowest BCUT2D eigenvalue weighted by Gasteiger charge is -2.21. The van der Waals surface area contributed by atoms with Gasteiger partial charge in [-0.05, 0) is 54.1 Å². The van der Waals surface area contributed by atoms with Crippen LogP contribution in [-0.4, -0.2) is 41.2 Å². The van der Waals surface area contributed by atoms with Gasteiger partial charge in [0.25, 0.3) is 5.91 Å². The maximum atomic E-state index is 12.8. The van der Waals surface area contributed by atoms with Crippen molar-refractivity contribution in [2.24, 2.45) is 0 Å². The summed E-state index contributed by atoms with van der Waals surface area (Å²) in [6, 6.07) is 21.1. The summed E-state index contributed by atoms with van der Waals surface area (Å²) >= 11 is 0. The minimum absolute atomic E-state index is 0.183. The number of methoxy groups -OCH3 is 1. The van der Waals surface area contributed by atoms with Crippen molar-refractivity contribution in [3.05, 3.63) is 72.6 Å². The van der Waals surface area contributed by atoms with Crippen molar-refractivity contribution in [2.45, 2.75) is 19.6 Å². The van der Waals surface area contributed by atoms with Gasteiger partial charge in [-0.2, -0.15) is 4.98 Å². The second kappa shape index (κ2) is 8.87. The lowest BCUT2D eigenvalue weighted by atomic mass is 10.1. The monoisotopic (exact) mass is 417 g/mol. The van der Waals surface area contributed by atoms with Crippen molar-refractivity contribution in [2.75, 3.05) is 14.2 Å². The molecule has 7 heteroatoms. The van der Waals surface area contributed by atoms with E-state index in [1.165, 1.54) is 4.90 Å². The van der Waals surface area contributed by atoms with Crippen LogP contribution in [-0.2, 0) is 11.3 Å². The molecule has 0 aliphatic rings. The normalized spacial score (nSPS) is 11.8. The fourth-order valence-corrected chi connectivity index (χ4v) is 3.26. The Hall–Kier alpha value is -3.87. The highest BCUT2D eigenvalue weighted by Crippen LogP contribution is 2.22. The summed E-state index contributed by atoms with van der Waals surface area (Å²) in [7, 11) is 3.29. The van der Waals surface area contributed by atoms with Crippen LogP contribution in [0.2, 0.25) is 0 Å². The van der Waals surface area contributed by atoms with Crippen molar-refractivity contribution in [3.8, 4) is 22.9 Å². The minimum Gasteiger partial charge on any atom is -0.497 e. The number of nitrogens with zero attached hydrogens (tertiary/aromatic N) is 3. The van der Waals surface area contributed by atoms with Crippen LogP contribution in [0.4, 0.5) is 0 Å². The molecule has 31 heavy (non-hydrogen) atoms. The number of amides is 1. The number of hydrogen-bond acceptors (Lipinski definition) is 6. The third-order valence-electron chi connectivity index (χ3n) is 4.95. The van der Waals surface area contributed by atoms with Gasteiger partial charge in [0.05, 0.1) is 13.7 Å². The molecule has 1 heterocycles. The van der Waals surface area contributed by atoms with Gasteiger partial charge in [0.1, 0.15) is 11.5 Å². The Morgan fingerprint density at radius 2 is 1.74 bits per heavy atom. The Bertz CT molecular complexity index is 1190. The van der Waals surface area contributed by atoms with Gasteiger partial charge in [-0.3, -0.25) is 4.79 Å². The van der Waals surface area contributed by atoms with Gasteiger partial charge in [0.2, 0.25) is 11.7 Å². The number of rotatable bonds is 7. The number of likely N-dealkylation sites (N-methyl/N-ethyl adjacent to an activating group) is 1. The van der Waals surface area contributed by atoms with Gasteiger partial charge in [0.15, 0.2) is 6.10 Å². The molecule has 4 aromatic rings. The first kappa shape index (κ1) is 20.4. The highest BCUT2D eigenvalue weighted by atomic mass is 16.5. The van der Waals surface area contributed by atoms with E-state index < -0.39 is 6.10 Å². The molecular weight excluding hydrogens is 394 g/mol. The largest absolute Gasteiger partial charge is 0.497 e. The summed E-state index contributed by atoms with van der Waals surface area (Å²) in [5.41, 5.74) is 0.804. The Morgan fingerprint density at radius 3 is 2.48 bits per heavy atom.